The molecule has 2 rings (SSSR count). The molecule has 0 spiro atoms. The van der Waals surface area contributed by atoms with E-state index in [0.717, 1.165) is 24.3 Å². The van der Waals surface area contributed by atoms with Gasteiger partial charge in [0.15, 0.2) is 0 Å². The summed E-state index contributed by atoms with van der Waals surface area (Å²) in [5.74, 6) is 0. The molecule has 1 aromatic rings. The van der Waals surface area contributed by atoms with Gasteiger partial charge < -0.3 is 19.9 Å². The molecule has 21 heavy (non-hydrogen) atoms. The van der Waals surface area contributed by atoms with Gasteiger partial charge >= 0.3 is 6.03 Å². The molecule has 0 saturated carbocycles. The minimum atomic E-state index is -0.0397. The van der Waals surface area contributed by atoms with Crippen molar-refractivity contribution >= 4 is 17.4 Å². The van der Waals surface area contributed by atoms with Crippen molar-refractivity contribution in [1.29, 1.82) is 0 Å². The molecule has 0 bridgehead atoms. The number of urea groups is 1. The molecule has 1 aliphatic heterocycles. The number of carbonyl (C=O) groups excluding carboxylic acids is 1. The van der Waals surface area contributed by atoms with E-state index in [1.807, 2.05) is 36.2 Å². The number of ether oxygens (including phenoxy) is 1. The quantitative estimate of drug-likeness (QED) is 0.927. The first kappa shape index (κ1) is 15.6. The molecule has 1 heterocycles. The summed E-state index contributed by atoms with van der Waals surface area (Å²) >= 11 is 0. The van der Waals surface area contributed by atoms with Gasteiger partial charge in [-0.1, -0.05) is 19.1 Å². The molecule has 0 aliphatic carbocycles. The Morgan fingerprint density at radius 1 is 1.43 bits per heavy atom. The summed E-state index contributed by atoms with van der Waals surface area (Å²) in [4.78, 5) is 16.5. The van der Waals surface area contributed by atoms with E-state index in [0.29, 0.717) is 19.8 Å². The molecule has 1 N–H and O–H groups in total. The van der Waals surface area contributed by atoms with Crippen molar-refractivity contribution in [3.05, 3.63) is 24.3 Å². The summed E-state index contributed by atoms with van der Waals surface area (Å²) in [5.41, 5.74) is 1.89. The van der Waals surface area contributed by atoms with Gasteiger partial charge in [-0.15, -0.1) is 0 Å². The van der Waals surface area contributed by atoms with Gasteiger partial charge in [0.05, 0.1) is 30.6 Å². The van der Waals surface area contributed by atoms with Crippen molar-refractivity contribution in [1.82, 2.24) is 4.90 Å². The van der Waals surface area contributed by atoms with Crippen molar-refractivity contribution in [3.8, 4) is 0 Å². The Bertz CT molecular complexity index is 478. The van der Waals surface area contributed by atoms with Crippen LogP contribution >= 0.6 is 0 Å². The van der Waals surface area contributed by atoms with E-state index in [-0.39, 0.29) is 12.1 Å². The number of nitrogens with zero attached hydrogens (tertiary/aromatic N) is 2. The molecule has 5 heteroatoms. The Morgan fingerprint density at radius 2 is 2.19 bits per heavy atom. The van der Waals surface area contributed by atoms with Gasteiger partial charge in [-0.05, 0) is 25.5 Å². The third kappa shape index (κ3) is 3.67. The Hall–Kier alpha value is -1.75. The van der Waals surface area contributed by atoms with Gasteiger partial charge in [-0.25, -0.2) is 4.79 Å². The Kier molecular flexibility index (Phi) is 5.44. The maximum atomic E-state index is 12.5. The van der Waals surface area contributed by atoms with Gasteiger partial charge in [0.25, 0.3) is 0 Å². The Labute approximate surface area is 126 Å². The van der Waals surface area contributed by atoms with Crippen molar-refractivity contribution < 1.29 is 9.53 Å². The van der Waals surface area contributed by atoms with E-state index in [1.54, 1.807) is 0 Å². The summed E-state index contributed by atoms with van der Waals surface area (Å²) in [5, 5.41) is 3.05. The topological polar surface area (TPSA) is 44.8 Å². The smallest absolute Gasteiger partial charge is 0.322 e. The van der Waals surface area contributed by atoms with Crippen LogP contribution in [-0.4, -0.2) is 50.3 Å². The Morgan fingerprint density at radius 3 is 2.90 bits per heavy atom. The molecule has 1 atom stereocenters. The second kappa shape index (κ2) is 7.31. The lowest BCUT2D eigenvalue weighted by Gasteiger charge is -2.35. The number of hydrogen-bond donors (Lipinski definition) is 1. The molecule has 0 radical (unpaired) electrons. The highest BCUT2D eigenvalue weighted by Gasteiger charge is 2.26. The molecule has 0 aromatic heterocycles. The van der Waals surface area contributed by atoms with Crippen LogP contribution in [0, 0.1) is 0 Å². The normalized spacial score (nSPS) is 18.4. The summed E-state index contributed by atoms with van der Waals surface area (Å²) < 4.78 is 5.45. The average Bonchev–Trinajstić information content (AvgIpc) is 2.54. The van der Waals surface area contributed by atoms with Crippen LogP contribution in [0.1, 0.15) is 20.3 Å². The molecule has 5 nitrogen and oxygen atoms in total. The fourth-order valence-electron chi connectivity index (χ4n) is 2.53. The number of para-hydroxylation sites is 2. The standard InChI is InChI=1S/C16H25N3O2/c1-4-13-12-21-11-10-19(13)16(20)17-14-8-6-7-9-15(14)18(3)5-2/h6-9,13H,4-5,10-12H2,1-3H3,(H,17,20)/t13-/m0/s1. The first-order valence-electron chi connectivity index (χ1n) is 7.62. The van der Waals surface area contributed by atoms with E-state index in [2.05, 4.69) is 24.1 Å². The lowest BCUT2D eigenvalue weighted by Crippen LogP contribution is -2.50. The fourth-order valence-corrected chi connectivity index (χ4v) is 2.53. The van der Waals surface area contributed by atoms with Gasteiger partial charge in [-0.2, -0.15) is 0 Å². The number of morpholine rings is 1. The third-order valence-corrected chi connectivity index (χ3v) is 3.99. The van der Waals surface area contributed by atoms with Crippen LogP contribution in [0.4, 0.5) is 16.2 Å². The highest BCUT2D eigenvalue weighted by molar-refractivity contribution is 5.93. The molecule has 1 saturated heterocycles. The molecule has 1 aliphatic rings. The molecular formula is C16H25N3O2. The fraction of sp³-hybridized carbons (Fsp3) is 0.562. The van der Waals surface area contributed by atoms with E-state index in [9.17, 15) is 4.79 Å². The van der Waals surface area contributed by atoms with Gasteiger partial charge in [0.1, 0.15) is 0 Å². The summed E-state index contributed by atoms with van der Waals surface area (Å²) in [6, 6.07) is 8.02. The predicted octanol–water partition coefficient (Wildman–Crippen LogP) is 2.79. The summed E-state index contributed by atoms with van der Waals surface area (Å²) in [6.45, 7) is 6.95. The largest absolute Gasteiger partial charge is 0.377 e. The predicted molar refractivity (Wildman–Crippen MR) is 86.0 cm³/mol. The van der Waals surface area contributed by atoms with Gasteiger partial charge in [0.2, 0.25) is 0 Å². The lowest BCUT2D eigenvalue weighted by atomic mass is 10.2. The molecule has 116 valence electrons. The van der Waals surface area contributed by atoms with E-state index >= 15 is 0 Å². The number of carbonyl (C=O) groups is 1. The van der Waals surface area contributed by atoms with Crippen molar-refractivity contribution in [2.45, 2.75) is 26.3 Å². The van der Waals surface area contributed by atoms with Gasteiger partial charge in [-0.3, -0.25) is 0 Å². The molecule has 0 unspecified atom stereocenters. The first-order chi connectivity index (χ1) is 10.2. The Balaban J connectivity index is 2.12. The first-order valence-corrected chi connectivity index (χ1v) is 7.62. The minimum absolute atomic E-state index is 0.0397. The number of hydrogen-bond acceptors (Lipinski definition) is 3. The molecule has 2 amide bonds. The maximum Gasteiger partial charge on any atom is 0.322 e. The summed E-state index contributed by atoms with van der Waals surface area (Å²) in [7, 11) is 2.02. The molecule has 1 fully saturated rings. The zero-order chi connectivity index (χ0) is 15.2. The number of anilines is 2. The van der Waals surface area contributed by atoms with Crippen LogP contribution < -0.4 is 10.2 Å². The minimum Gasteiger partial charge on any atom is -0.377 e. The van der Waals surface area contributed by atoms with Crippen LogP contribution in [-0.2, 0) is 4.74 Å². The molecule has 1 aromatic carbocycles. The van der Waals surface area contributed by atoms with E-state index in [1.165, 1.54) is 0 Å². The van der Waals surface area contributed by atoms with Crippen LogP contribution in [0.5, 0.6) is 0 Å². The zero-order valence-corrected chi connectivity index (χ0v) is 13.1. The maximum absolute atomic E-state index is 12.5. The number of nitrogens with one attached hydrogen (secondary N) is 1. The summed E-state index contributed by atoms with van der Waals surface area (Å²) in [6.07, 6.45) is 0.907. The van der Waals surface area contributed by atoms with Crippen LogP contribution in [0.15, 0.2) is 24.3 Å². The highest BCUT2D eigenvalue weighted by Crippen LogP contribution is 2.25. The van der Waals surface area contributed by atoms with Crippen LogP contribution in [0.25, 0.3) is 0 Å². The lowest BCUT2D eigenvalue weighted by molar-refractivity contribution is 0.0144. The van der Waals surface area contributed by atoms with E-state index < -0.39 is 0 Å². The monoisotopic (exact) mass is 291 g/mol. The zero-order valence-electron chi connectivity index (χ0n) is 13.1. The second-order valence-electron chi connectivity index (χ2n) is 5.29. The SMILES string of the molecule is CC[C@H]1COCCN1C(=O)Nc1ccccc1N(C)CC. The third-order valence-electron chi connectivity index (χ3n) is 3.99. The van der Waals surface area contributed by atoms with Gasteiger partial charge in [0, 0.05) is 20.1 Å². The van der Waals surface area contributed by atoms with E-state index in [4.69, 9.17) is 4.74 Å². The highest BCUT2D eigenvalue weighted by atomic mass is 16.5. The second-order valence-corrected chi connectivity index (χ2v) is 5.29. The van der Waals surface area contributed by atoms with Crippen molar-refractivity contribution in [3.63, 3.8) is 0 Å². The average molecular weight is 291 g/mol. The van der Waals surface area contributed by atoms with Crippen LogP contribution in [0.3, 0.4) is 0 Å². The van der Waals surface area contributed by atoms with Crippen molar-refractivity contribution in [2.24, 2.45) is 0 Å². The van der Waals surface area contributed by atoms with Crippen LogP contribution in [0.2, 0.25) is 0 Å². The number of rotatable bonds is 4. The number of amides is 2. The number of benzene rings is 1. The van der Waals surface area contributed by atoms with Crippen molar-refractivity contribution in [2.75, 3.05) is 43.6 Å². The molecular weight excluding hydrogens is 266 g/mol.